The quantitative estimate of drug-likeness (QED) is 0.863. The van der Waals surface area contributed by atoms with Crippen LogP contribution in [0.3, 0.4) is 0 Å². The Morgan fingerprint density at radius 1 is 1.35 bits per heavy atom. The molecule has 6 heteroatoms. The minimum Gasteiger partial charge on any atom is -0.382 e. The van der Waals surface area contributed by atoms with Crippen molar-refractivity contribution >= 4 is 43.5 Å². The molecule has 17 heavy (non-hydrogen) atoms. The highest BCUT2D eigenvalue weighted by Crippen LogP contribution is 2.31. The third kappa shape index (κ3) is 2.73. The van der Waals surface area contributed by atoms with Crippen molar-refractivity contribution in [2.75, 3.05) is 0 Å². The number of aromatic nitrogens is 2. The molecule has 0 aliphatic rings. The summed E-state index contributed by atoms with van der Waals surface area (Å²) in [6, 6.07) is 5.34. The first-order valence-electron chi connectivity index (χ1n) is 4.80. The summed E-state index contributed by atoms with van der Waals surface area (Å²) in [6.45, 7) is 0. The van der Waals surface area contributed by atoms with Crippen LogP contribution in [-0.2, 0) is 7.05 Å². The summed E-state index contributed by atoms with van der Waals surface area (Å²) in [5.41, 5.74) is 1.41. The molecule has 90 valence electrons. The normalized spacial score (nSPS) is 12.8. The Bertz CT molecular complexity index is 517. The Balaban J connectivity index is 2.47. The van der Waals surface area contributed by atoms with Gasteiger partial charge < -0.3 is 5.11 Å². The van der Waals surface area contributed by atoms with Gasteiger partial charge in [-0.25, -0.2) is 0 Å². The highest BCUT2D eigenvalue weighted by molar-refractivity contribution is 9.10. The van der Waals surface area contributed by atoms with Crippen molar-refractivity contribution in [1.29, 1.82) is 0 Å². The molecule has 1 N–H and O–H groups in total. The topological polar surface area (TPSA) is 38.0 Å². The molecule has 0 saturated heterocycles. The number of nitrogens with zero attached hydrogens (tertiary/aromatic N) is 2. The average Bonchev–Trinajstić information content (AvgIpc) is 2.56. The van der Waals surface area contributed by atoms with E-state index in [0.717, 1.165) is 8.95 Å². The van der Waals surface area contributed by atoms with E-state index >= 15 is 0 Å². The highest BCUT2D eigenvalue weighted by atomic mass is 79.9. The summed E-state index contributed by atoms with van der Waals surface area (Å²) in [7, 11) is 1.78. The van der Waals surface area contributed by atoms with Crippen LogP contribution in [0.2, 0.25) is 5.02 Å². The van der Waals surface area contributed by atoms with Gasteiger partial charge in [0.05, 0.1) is 16.4 Å². The van der Waals surface area contributed by atoms with Gasteiger partial charge in [-0.1, -0.05) is 27.5 Å². The second-order valence-electron chi connectivity index (χ2n) is 3.61. The van der Waals surface area contributed by atoms with E-state index in [2.05, 4.69) is 37.0 Å². The fourth-order valence-electron chi connectivity index (χ4n) is 1.62. The second kappa shape index (κ2) is 5.10. The highest BCUT2D eigenvalue weighted by Gasteiger charge is 2.18. The predicted octanol–water partition coefficient (Wildman–Crippen LogP) is 3.68. The molecule has 0 aliphatic heterocycles. The lowest BCUT2D eigenvalue weighted by Crippen LogP contribution is -2.07. The molecule has 2 rings (SSSR count). The van der Waals surface area contributed by atoms with E-state index in [1.165, 1.54) is 0 Å². The van der Waals surface area contributed by atoms with Crippen LogP contribution in [0.4, 0.5) is 0 Å². The molecule has 0 spiro atoms. The maximum Gasteiger partial charge on any atom is 0.122 e. The second-order valence-corrected chi connectivity index (χ2v) is 5.81. The van der Waals surface area contributed by atoms with Crippen LogP contribution < -0.4 is 0 Å². The summed E-state index contributed by atoms with van der Waals surface area (Å²) in [4.78, 5) is 0. The Morgan fingerprint density at radius 2 is 2.06 bits per heavy atom. The number of hydrogen-bond donors (Lipinski definition) is 1. The first-order chi connectivity index (χ1) is 7.99. The molecule has 2 aromatic rings. The van der Waals surface area contributed by atoms with Crippen LogP contribution in [0, 0.1) is 0 Å². The van der Waals surface area contributed by atoms with Gasteiger partial charge in [-0.2, -0.15) is 5.10 Å². The van der Waals surface area contributed by atoms with Crippen molar-refractivity contribution in [2.24, 2.45) is 7.05 Å². The summed E-state index contributed by atoms with van der Waals surface area (Å²) in [6.07, 6.45) is 0.880. The molecule has 1 unspecified atom stereocenters. The first kappa shape index (κ1) is 13.1. The third-order valence-electron chi connectivity index (χ3n) is 2.40. The lowest BCUT2D eigenvalue weighted by Gasteiger charge is -2.13. The summed E-state index contributed by atoms with van der Waals surface area (Å²) in [5.74, 6) is 0. The van der Waals surface area contributed by atoms with Crippen molar-refractivity contribution < 1.29 is 5.11 Å². The van der Waals surface area contributed by atoms with E-state index in [1.54, 1.807) is 30.1 Å². The summed E-state index contributed by atoms with van der Waals surface area (Å²) >= 11 is 12.7. The maximum atomic E-state index is 10.3. The fraction of sp³-hybridized carbons (Fsp3) is 0.182. The largest absolute Gasteiger partial charge is 0.382 e. The van der Waals surface area contributed by atoms with Gasteiger partial charge in [0.1, 0.15) is 6.10 Å². The lowest BCUT2D eigenvalue weighted by atomic mass is 10.1. The molecule has 3 nitrogen and oxygen atoms in total. The van der Waals surface area contributed by atoms with Gasteiger partial charge in [0, 0.05) is 16.5 Å². The molecule has 0 bridgehead atoms. The molecule has 1 aromatic carbocycles. The van der Waals surface area contributed by atoms with E-state index in [1.807, 2.05) is 6.07 Å². The van der Waals surface area contributed by atoms with Crippen molar-refractivity contribution in [3.05, 3.63) is 49.6 Å². The van der Waals surface area contributed by atoms with Gasteiger partial charge >= 0.3 is 0 Å². The van der Waals surface area contributed by atoms with Crippen LogP contribution in [-0.4, -0.2) is 14.9 Å². The molecule has 1 aromatic heterocycles. The van der Waals surface area contributed by atoms with Crippen LogP contribution >= 0.6 is 43.5 Å². The Morgan fingerprint density at radius 3 is 2.59 bits per heavy atom. The number of benzene rings is 1. The number of hydrogen-bond acceptors (Lipinski definition) is 2. The van der Waals surface area contributed by atoms with Crippen LogP contribution in [0.1, 0.15) is 17.4 Å². The first-order valence-corrected chi connectivity index (χ1v) is 6.77. The third-order valence-corrected chi connectivity index (χ3v) is 3.68. The van der Waals surface area contributed by atoms with E-state index in [-0.39, 0.29) is 0 Å². The van der Waals surface area contributed by atoms with Crippen molar-refractivity contribution in [3.8, 4) is 0 Å². The van der Waals surface area contributed by atoms with Gasteiger partial charge in [0.25, 0.3) is 0 Å². The van der Waals surface area contributed by atoms with E-state index < -0.39 is 6.10 Å². The smallest absolute Gasteiger partial charge is 0.122 e. The Kier molecular flexibility index (Phi) is 3.92. The molecule has 0 amide bonds. The van der Waals surface area contributed by atoms with E-state index in [9.17, 15) is 5.11 Å². The lowest BCUT2D eigenvalue weighted by molar-refractivity contribution is 0.209. The van der Waals surface area contributed by atoms with Crippen LogP contribution in [0.5, 0.6) is 0 Å². The Labute approximate surface area is 121 Å². The van der Waals surface area contributed by atoms with Crippen LogP contribution in [0.25, 0.3) is 0 Å². The minimum absolute atomic E-state index is 0.576. The molecule has 0 fully saturated rings. The van der Waals surface area contributed by atoms with Gasteiger partial charge in [0.2, 0.25) is 0 Å². The monoisotopic (exact) mass is 378 g/mol. The minimum atomic E-state index is -0.771. The standard InChI is InChI=1S/C11H9Br2ClN2O/c1-16-10(9(13)5-15-16)11(17)6-2-7(12)4-8(14)3-6/h2-5,11,17H,1H3. The summed E-state index contributed by atoms with van der Waals surface area (Å²) < 4.78 is 3.23. The maximum absolute atomic E-state index is 10.3. The zero-order valence-electron chi connectivity index (χ0n) is 8.86. The predicted molar refractivity (Wildman–Crippen MR) is 74.1 cm³/mol. The number of halogens is 3. The molecule has 1 atom stereocenters. The van der Waals surface area contributed by atoms with Gasteiger partial charge in [-0.3, -0.25) is 4.68 Å². The fourth-order valence-corrected chi connectivity index (χ4v) is 3.07. The van der Waals surface area contributed by atoms with Gasteiger partial charge in [-0.05, 0) is 39.7 Å². The SMILES string of the molecule is Cn1ncc(Br)c1C(O)c1cc(Cl)cc(Br)c1. The van der Waals surface area contributed by atoms with Crippen molar-refractivity contribution in [1.82, 2.24) is 9.78 Å². The average molecular weight is 380 g/mol. The molecule has 1 heterocycles. The van der Waals surface area contributed by atoms with E-state index in [4.69, 9.17) is 11.6 Å². The number of aliphatic hydroxyl groups excluding tert-OH is 1. The number of aryl methyl sites for hydroxylation is 1. The van der Waals surface area contributed by atoms with Crippen molar-refractivity contribution in [3.63, 3.8) is 0 Å². The van der Waals surface area contributed by atoms with Gasteiger partial charge in [-0.15, -0.1) is 0 Å². The van der Waals surface area contributed by atoms with Crippen LogP contribution in [0.15, 0.2) is 33.3 Å². The number of rotatable bonds is 2. The molecular weight excluding hydrogens is 371 g/mol. The Hall–Kier alpha value is -0.360. The van der Waals surface area contributed by atoms with Crippen molar-refractivity contribution in [2.45, 2.75) is 6.10 Å². The zero-order chi connectivity index (χ0) is 12.6. The zero-order valence-corrected chi connectivity index (χ0v) is 12.8. The molecule has 0 radical (unpaired) electrons. The molecule has 0 aliphatic carbocycles. The molecule has 0 saturated carbocycles. The molecular formula is C11H9Br2ClN2O. The van der Waals surface area contributed by atoms with Gasteiger partial charge in [0.15, 0.2) is 0 Å². The summed E-state index contributed by atoms with van der Waals surface area (Å²) in [5, 5.41) is 15.0. The van der Waals surface area contributed by atoms with E-state index in [0.29, 0.717) is 16.3 Å². The number of aliphatic hydroxyl groups is 1.